The molecule has 1 aliphatic rings. The van der Waals surface area contributed by atoms with Gasteiger partial charge in [0, 0.05) is 4.83 Å². The van der Waals surface area contributed by atoms with Crippen molar-refractivity contribution in [2.24, 2.45) is 5.41 Å². The summed E-state index contributed by atoms with van der Waals surface area (Å²) in [6.07, 6.45) is 14.3. The molecule has 1 rings (SSSR count). The minimum Gasteiger partial charge on any atom is -0.0890 e. The second kappa shape index (κ2) is 6.93. The Kier molecular flexibility index (Phi) is 6.26. The first-order valence-corrected chi connectivity index (χ1v) is 7.72. The molecule has 1 saturated carbocycles. The fourth-order valence-electron chi connectivity index (χ4n) is 2.80. The van der Waals surface area contributed by atoms with E-state index in [1.807, 2.05) is 0 Å². The van der Waals surface area contributed by atoms with E-state index in [0.717, 1.165) is 4.83 Å². The molecular weight excluding hydrogens is 248 g/mol. The number of hydrogen-bond donors (Lipinski definition) is 0. The highest BCUT2D eigenvalue weighted by Crippen LogP contribution is 2.44. The van der Waals surface area contributed by atoms with E-state index < -0.39 is 0 Å². The molecule has 1 aliphatic carbocycles. The van der Waals surface area contributed by atoms with E-state index in [2.05, 4.69) is 29.8 Å². The van der Waals surface area contributed by atoms with Crippen molar-refractivity contribution < 1.29 is 0 Å². The first-order chi connectivity index (χ1) is 7.16. The molecule has 0 aliphatic heterocycles. The van der Waals surface area contributed by atoms with Crippen molar-refractivity contribution in [1.29, 1.82) is 0 Å². The highest BCUT2D eigenvalue weighted by molar-refractivity contribution is 9.09. The van der Waals surface area contributed by atoms with Crippen LogP contribution in [0, 0.1) is 5.41 Å². The summed E-state index contributed by atoms with van der Waals surface area (Å²) < 4.78 is 0. The zero-order chi connectivity index (χ0) is 11.1. The minimum atomic E-state index is 0.666. The van der Waals surface area contributed by atoms with Crippen LogP contribution in [0.1, 0.15) is 78.1 Å². The van der Waals surface area contributed by atoms with Gasteiger partial charge in [-0.2, -0.15) is 0 Å². The molecule has 0 saturated heterocycles. The quantitative estimate of drug-likeness (QED) is 0.413. The Morgan fingerprint density at radius 3 is 2.40 bits per heavy atom. The van der Waals surface area contributed by atoms with Crippen molar-refractivity contribution in [1.82, 2.24) is 0 Å². The second-order valence-electron chi connectivity index (χ2n) is 5.67. The lowest BCUT2D eigenvalue weighted by molar-refractivity contribution is 0.295. The number of halogens is 1. The number of alkyl halides is 1. The zero-order valence-corrected chi connectivity index (χ0v) is 12.1. The first-order valence-electron chi connectivity index (χ1n) is 6.80. The second-order valence-corrected chi connectivity index (χ2v) is 6.96. The van der Waals surface area contributed by atoms with E-state index in [1.54, 1.807) is 0 Å². The highest BCUT2D eigenvalue weighted by Gasteiger charge is 2.32. The average molecular weight is 275 g/mol. The Morgan fingerprint density at radius 1 is 1.13 bits per heavy atom. The molecule has 90 valence electrons. The molecule has 0 N–H and O–H groups in total. The van der Waals surface area contributed by atoms with Gasteiger partial charge in [0.1, 0.15) is 0 Å². The number of unbranched alkanes of at least 4 members (excludes halogenated alkanes) is 5. The Morgan fingerprint density at radius 2 is 1.80 bits per heavy atom. The van der Waals surface area contributed by atoms with Crippen LogP contribution in [0.5, 0.6) is 0 Å². The van der Waals surface area contributed by atoms with E-state index in [1.165, 1.54) is 64.2 Å². The predicted octanol–water partition coefficient (Wildman–Crippen LogP) is 5.69. The lowest BCUT2D eigenvalue weighted by Crippen LogP contribution is -2.11. The van der Waals surface area contributed by atoms with Crippen LogP contribution < -0.4 is 0 Å². The Balaban J connectivity index is 2.00. The third kappa shape index (κ3) is 5.38. The summed E-state index contributed by atoms with van der Waals surface area (Å²) in [6, 6.07) is 0. The van der Waals surface area contributed by atoms with Gasteiger partial charge >= 0.3 is 0 Å². The SMILES string of the molecule is CCCCCCCCC1(C)CCC(Br)C1. The smallest absolute Gasteiger partial charge is 0.0151 e. The molecule has 0 bridgehead atoms. The standard InChI is InChI=1S/C14H27Br/c1-3-4-5-6-7-8-10-14(2)11-9-13(15)12-14/h13H,3-12H2,1-2H3. The van der Waals surface area contributed by atoms with Crippen molar-refractivity contribution in [3.63, 3.8) is 0 Å². The molecule has 0 aromatic rings. The molecule has 1 heteroatoms. The predicted molar refractivity (Wildman–Crippen MR) is 72.7 cm³/mol. The molecule has 0 aromatic heterocycles. The summed E-state index contributed by atoms with van der Waals surface area (Å²) in [6.45, 7) is 4.77. The molecule has 0 spiro atoms. The zero-order valence-electron chi connectivity index (χ0n) is 10.5. The molecule has 2 unspecified atom stereocenters. The molecule has 15 heavy (non-hydrogen) atoms. The van der Waals surface area contributed by atoms with Crippen LogP contribution in [0.15, 0.2) is 0 Å². The third-order valence-corrected chi connectivity index (χ3v) is 4.69. The first kappa shape index (κ1) is 13.5. The van der Waals surface area contributed by atoms with Crippen molar-refractivity contribution in [2.45, 2.75) is 82.9 Å². The molecular formula is C14H27Br. The van der Waals surface area contributed by atoms with Crippen molar-refractivity contribution >= 4 is 15.9 Å². The molecule has 1 fully saturated rings. The normalized spacial score (nSPS) is 31.0. The van der Waals surface area contributed by atoms with Gasteiger partial charge in [-0.25, -0.2) is 0 Å². The molecule has 0 amide bonds. The fraction of sp³-hybridized carbons (Fsp3) is 1.00. The number of rotatable bonds is 7. The largest absolute Gasteiger partial charge is 0.0890 e. The van der Waals surface area contributed by atoms with Crippen LogP contribution in [-0.2, 0) is 0 Å². The van der Waals surface area contributed by atoms with Crippen molar-refractivity contribution in [3.8, 4) is 0 Å². The molecule has 0 nitrogen and oxygen atoms in total. The van der Waals surface area contributed by atoms with Crippen LogP contribution in [0.3, 0.4) is 0 Å². The maximum Gasteiger partial charge on any atom is 0.0151 e. The molecule has 0 radical (unpaired) electrons. The minimum absolute atomic E-state index is 0.666. The van der Waals surface area contributed by atoms with Crippen LogP contribution in [0.2, 0.25) is 0 Å². The molecule has 0 aromatic carbocycles. The number of hydrogen-bond acceptors (Lipinski definition) is 0. The van der Waals surface area contributed by atoms with Crippen LogP contribution in [0.25, 0.3) is 0 Å². The van der Waals surface area contributed by atoms with Gasteiger partial charge in [0.05, 0.1) is 0 Å². The van der Waals surface area contributed by atoms with E-state index >= 15 is 0 Å². The molecule has 2 atom stereocenters. The lowest BCUT2D eigenvalue weighted by Gasteiger charge is -2.23. The van der Waals surface area contributed by atoms with Gasteiger partial charge in [0.15, 0.2) is 0 Å². The van der Waals surface area contributed by atoms with Gasteiger partial charge < -0.3 is 0 Å². The fourth-order valence-corrected chi connectivity index (χ4v) is 3.81. The summed E-state index contributed by atoms with van der Waals surface area (Å²) in [5.74, 6) is 0. The third-order valence-electron chi connectivity index (χ3n) is 3.91. The monoisotopic (exact) mass is 274 g/mol. The summed E-state index contributed by atoms with van der Waals surface area (Å²) in [5.41, 5.74) is 0.666. The van der Waals surface area contributed by atoms with Gasteiger partial charge in [-0.1, -0.05) is 68.3 Å². The van der Waals surface area contributed by atoms with Crippen LogP contribution in [-0.4, -0.2) is 4.83 Å². The summed E-state index contributed by atoms with van der Waals surface area (Å²) in [5, 5.41) is 0. The topological polar surface area (TPSA) is 0 Å². The van der Waals surface area contributed by atoms with E-state index in [-0.39, 0.29) is 0 Å². The Hall–Kier alpha value is 0.480. The summed E-state index contributed by atoms with van der Waals surface area (Å²) in [7, 11) is 0. The lowest BCUT2D eigenvalue weighted by atomic mass is 9.83. The average Bonchev–Trinajstić information content (AvgIpc) is 2.53. The Labute approximate surface area is 104 Å². The molecule has 0 heterocycles. The maximum atomic E-state index is 3.76. The highest BCUT2D eigenvalue weighted by atomic mass is 79.9. The summed E-state index contributed by atoms with van der Waals surface area (Å²) >= 11 is 3.76. The van der Waals surface area contributed by atoms with Gasteiger partial charge in [0.25, 0.3) is 0 Å². The van der Waals surface area contributed by atoms with Gasteiger partial charge in [-0.05, 0) is 31.1 Å². The van der Waals surface area contributed by atoms with Crippen molar-refractivity contribution in [3.05, 3.63) is 0 Å². The van der Waals surface area contributed by atoms with E-state index in [9.17, 15) is 0 Å². The Bertz CT molecular complexity index is 167. The summed E-state index contributed by atoms with van der Waals surface area (Å²) in [4.78, 5) is 0.808. The van der Waals surface area contributed by atoms with E-state index in [4.69, 9.17) is 0 Å². The van der Waals surface area contributed by atoms with Gasteiger partial charge in [0.2, 0.25) is 0 Å². The maximum absolute atomic E-state index is 3.76. The van der Waals surface area contributed by atoms with E-state index in [0.29, 0.717) is 5.41 Å². The van der Waals surface area contributed by atoms with Gasteiger partial charge in [-0.3, -0.25) is 0 Å². The van der Waals surface area contributed by atoms with Crippen molar-refractivity contribution in [2.75, 3.05) is 0 Å². The van der Waals surface area contributed by atoms with Crippen LogP contribution in [0.4, 0.5) is 0 Å². The van der Waals surface area contributed by atoms with Gasteiger partial charge in [-0.15, -0.1) is 0 Å². The van der Waals surface area contributed by atoms with Crippen LogP contribution >= 0.6 is 15.9 Å².